The van der Waals surface area contributed by atoms with Gasteiger partial charge in [0.25, 0.3) is 0 Å². The molecule has 0 aromatic heterocycles. The van der Waals surface area contributed by atoms with E-state index in [0.717, 1.165) is 18.5 Å². The van der Waals surface area contributed by atoms with Crippen molar-refractivity contribution in [3.05, 3.63) is 64.7 Å². The van der Waals surface area contributed by atoms with E-state index < -0.39 is 11.6 Å². The molecular weight excluding hydrogens is 308 g/mol. The maximum Gasteiger partial charge on any atom is 0.193 e. The monoisotopic (exact) mass is 327 g/mol. The van der Waals surface area contributed by atoms with E-state index in [1.807, 2.05) is 6.07 Å². The van der Waals surface area contributed by atoms with Crippen LogP contribution in [0.4, 0.5) is 14.5 Å². The molecule has 0 bridgehead atoms. The molecule has 3 N–H and O–H groups in total. The summed E-state index contributed by atoms with van der Waals surface area (Å²) in [7, 11) is 0. The molecule has 0 heterocycles. The first-order chi connectivity index (χ1) is 11.6. The predicted octanol–water partition coefficient (Wildman–Crippen LogP) is 3.74. The van der Waals surface area contributed by atoms with Crippen LogP contribution in [-0.4, -0.2) is 12.0 Å². The highest BCUT2D eigenvalue weighted by atomic mass is 19.1. The Hall–Kier alpha value is -2.43. The smallest absolute Gasteiger partial charge is 0.193 e. The average molecular weight is 327 g/mol. The Morgan fingerprint density at radius 3 is 2.62 bits per heavy atom. The van der Waals surface area contributed by atoms with E-state index in [0.29, 0.717) is 6.42 Å². The van der Waals surface area contributed by atoms with Crippen molar-refractivity contribution in [1.29, 1.82) is 0 Å². The second kappa shape index (κ2) is 5.89. The van der Waals surface area contributed by atoms with Crippen molar-refractivity contribution in [3.63, 3.8) is 0 Å². The minimum atomic E-state index is -0.511. The number of nitrogens with one attached hydrogen (secondary N) is 1. The summed E-state index contributed by atoms with van der Waals surface area (Å²) in [5.41, 5.74) is 9.74. The van der Waals surface area contributed by atoms with Gasteiger partial charge in [-0.1, -0.05) is 12.1 Å². The van der Waals surface area contributed by atoms with E-state index in [1.54, 1.807) is 0 Å². The number of rotatable bonds is 3. The molecule has 2 aliphatic rings. The van der Waals surface area contributed by atoms with Crippen LogP contribution >= 0.6 is 0 Å². The van der Waals surface area contributed by atoms with Crippen LogP contribution in [-0.2, 0) is 12.8 Å². The number of aliphatic imine (C=N–C) groups is 1. The molecule has 2 atom stereocenters. The largest absolute Gasteiger partial charge is 0.370 e. The van der Waals surface area contributed by atoms with Gasteiger partial charge in [-0.2, -0.15) is 0 Å². The molecule has 3 nitrogen and oxygen atoms in total. The van der Waals surface area contributed by atoms with Crippen molar-refractivity contribution < 1.29 is 8.78 Å². The number of fused-ring (bicyclic) bond motifs is 1. The highest BCUT2D eigenvalue weighted by Crippen LogP contribution is 2.45. The summed E-state index contributed by atoms with van der Waals surface area (Å²) in [5, 5.41) is 3.08. The lowest BCUT2D eigenvalue weighted by Gasteiger charge is -2.08. The summed E-state index contributed by atoms with van der Waals surface area (Å²) >= 11 is 0. The Bertz CT molecular complexity index is 796. The number of hydrogen-bond donors (Lipinski definition) is 2. The number of hydrogen-bond acceptors (Lipinski definition) is 1. The number of benzene rings is 2. The molecule has 0 radical (unpaired) electrons. The van der Waals surface area contributed by atoms with Crippen molar-refractivity contribution in [3.8, 4) is 0 Å². The van der Waals surface area contributed by atoms with Gasteiger partial charge < -0.3 is 11.1 Å². The zero-order valence-corrected chi connectivity index (χ0v) is 13.2. The van der Waals surface area contributed by atoms with Gasteiger partial charge in [0.1, 0.15) is 11.6 Å². The highest BCUT2D eigenvalue weighted by Gasteiger charge is 2.42. The van der Waals surface area contributed by atoms with Crippen LogP contribution in [0.5, 0.6) is 0 Å². The summed E-state index contributed by atoms with van der Waals surface area (Å²) < 4.78 is 27.6. The number of aryl methyl sites for hydroxylation is 2. The van der Waals surface area contributed by atoms with Crippen LogP contribution in [0.3, 0.4) is 0 Å². The maximum absolute atomic E-state index is 13.8. The third-order valence-electron chi connectivity index (χ3n) is 4.80. The second-order valence-corrected chi connectivity index (χ2v) is 6.52. The Morgan fingerprint density at radius 1 is 1.08 bits per heavy atom. The van der Waals surface area contributed by atoms with Crippen molar-refractivity contribution >= 4 is 11.6 Å². The zero-order chi connectivity index (χ0) is 16.7. The molecular formula is C19H19F2N3. The number of halogens is 2. The van der Waals surface area contributed by atoms with Gasteiger partial charge in [-0.25, -0.2) is 13.8 Å². The molecule has 1 fully saturated rings. The molecule has 2 aliphatic carbocycles. The predicted molar refractivity (Wildman–Crippen MR) is 91.2 cm³/mol. The minimum Gasteiger partial charge on any atom is -0.370 e. The SMILES string of the molecule is NC(=NC1CC1c1c(F)cccc1F)Nc1ccc2c(c1)CCC2. The molecule has 2 aromatic rings. The fourth-order valence-electron chi connectivity index (χ4n) is 3.51. The van der Waals surface area contributed by atoms with E-state index in [2.05, 4.69) is 22.4 Å². The quantitative estimate of drug-likeness (QED) is 0.666. The van der Waals surface area contributed by atoms with E-state index >= 15 is 0 Å². The molecule has 24 heavy (non-hydrogen) atoms. The van der Waals surface area contributed by atoms with Gasteiger partial charge in [-0.3, -0.25) is 0 Å². The summed E-state index contributed by atoms with van der Waals surface area (Å²) in [5.74, 6) is -0.963. The van der Waals surface area contributed by atoms with Gasteiger partial charge in [-0.15, -0.1) is 0 Å². The maximum atomic E-state index is 13.8. The lowest BCUT2D eigenvalue weighted by molar-refractivity contribution is 0.555. The normalized spacial score (nSPS) is 22.3. The summed E-state index contributed by atoms with van der Waals surface area (Å²) in [4.78, 5) is 4.37. The third-order valence-corrected chi connectivity index (χ3v) is 4.80. The van der Waals surface area contributed by atoms with Crippen LogP contribution in [0.1, 0.15) is 35.4 Å². The molecule has 0 spiro atoms. The second-order valence-electron chi connectivity index (χ2n) is 6.52. The first kappa shape index (κ1) is 15.1. The van der Waals surface area contributed by atoms with Gasteiger partial charge in [0.15, 0.2) is 5.96 Å². The molecule has 0 aliphatic heterocycles. The van der Waals surface area contributed by atoms with Gasteiger partial charge in [0, 0.05) is 17.2 Å². The Labute approximate surface area is 139 Å². The fraction of sp³-hybridized carbons (Fsp3) is 0.316. The molecule has 124 valence electrons. The van der Waals surface area contributed by atoms with E-state index in [1.165, 1.54) is 35.7 Å². The van der Waals surface area contributed by atoms with Crippen LogP contribution in [0.15, 0.2) is 41.4 Å². The van der Waals surface area contributed by atoms with Gasteiger partial charge in [0.05, 0.1) is 6.04 Å². The van der Waals surface area contributed by atoms with E-state index in [-0.39, 0.29) is 23.5 Å². The van der Waals surface area contributed by atoms with Crippen LogP contribution in [0.2, 0.25) is 0 Å². The molecule has 4 rings (SSSR count). The Balaban J connectivity index is 1.45. The number of anilines is 1. The number of nitrogens with zero attached hydrogens (tertiary/aromatic N) is 1. The lowest BCUT2D eigenvalue weighted by Crippen LogP contribution is -2.23. The molecule has 5 heteroatoms. The van der Waals surface area contributed by atoms with E-state index in [4.69, 9.17) is 5.73 Å². The van der Waals surface area contributed by atoms with Crippen molar-refractivity contribution in [2.24, 2.45) is 10.7 Å². The first-order valence-corrected chi connectivity index (χ1v) is 8.28. The first-order valence-electron chi connectivity index (χ1n) is 8.28. The van der Waals surface area contributed by atoms with Crippen molar-refractivity contribution in [2.45, 2.75) is 37.6 Å². The minimum absolute atomic E-state index is 0.122. The van der Waals surface area contributed by atoms with Crippen molar-refractivity contribution in [2.75, 3.05) is 5.32 Å². The number of guanidine groups is 1. The molecule has 2 unspecified atom stereocenters. The lowest BCUT2D eigenvalue weighted by atomic mass is 10.1. The van der Waals surface area contributed by atoms with Crippen LogP contribution < -0.4 is 11.1 Å². The third kappa shape index (κ3) is 2.86. The summed E-state index contributed by atoms with van der Waals surface area (Å²) in [6.07, 6.45) is 4.04. The fourth-order valence-corrected chi connectivity index (χ4v) is 3.51. The number of nitrogens with two attached hydrogens (primary N) is 1. The highest BCUT2D eigenvalue weighted by molar-refractivity contribution is 5.92. The Kier molecular flexibility index (Phi) is 3.71. The van der Waals surface area contributed by atoms with Gasteiger partial charge in [-0.05, 0) is 61.1 Å². The van der Waals surface area contributed by atoms with Crippen LogP contribution in [0.25, 0.3) is 0 Å². The zero-order valence-electron chi connectivity index (χ0n) is 13.2. The molecule has 0 saturated heterocycles. The van der Waals surface area contributed by atoms with Crippen molar-refractivity contribution in [1.82, 2.24) is 0 Å². The molecule has 0 amide bonds. The molecule has 2 aromatic carbocycles. The van der Waals surface area contributed by atoms with Gasteiger partial charge in [0.2, 0.25) is 0 Å². The summed E-state index contributed by atoms with van der Waals surface area (Å²) in [6.45, 7) is 0. The Morgan fingerprint density at radius 2 is 1.83 bits per heavy atom. The summed E-state index contributed by atoms with van der Waals surface area (Å²) in [6, 6.07) is 9.98. The topological polar surface area (TPSA) is 50.4 Å². The standard InChI is InChI=1S/C19H19F2N3/c20-15-5-2-6-16(21)18(15)14-10-17(14)24-19(22)23-13-8-7-11-3-1-4-12(11)9-13/h2,5-9,14,17H,1,3-4,10H2,(H3,22,23,24). The van der Waals surface area contributed by atoms with Gasteiger partial charge >= 0.3 is 0 Å². The molecule has 1 saturated carbocycles. The average Bonchev–Trinajstić information content (AvgIpc) is 3.10. The van der Waals surface area contributed by atoms with Crippen LogP contribution in [0, 0.1) is 11.6 Å². The van der Waals surface area contributed by atoms with E-state index in [9.17, 15) is 8.78 Å².